The summed E-state index contributed by atoms with van der Waals surface area (Å²) in [6, 6.07) is 13.3. The SMILES string of the molecule is COc1ccc([C@H]2CNC(=O)[C@H](Cc3nc4c(C#N)cccc4o3)C2)cc1OC1CCOC1. The molecule has 2 aliphatic rings. The van der Waals surface area contributed by atoms with Gasteiger partial charge in [0.25, 0.3) is 0 Å². The van der Waals surface area contributed by atoms with Crippen molar-refractivity contribution in [3.8, 4) is 17.6 Å². The van der Waals surface area contributed by atoms with Gasteiger partial charge in [0.2, 0.25) is 5.91 Å². The second kappa shape index (κ2) is 9.12. The van der Waals surface area contributed by atoms with Crippen LogP contribution < -0.4 is 14.8 Å². The van der Waals surface area contributed by atoms with E-state index in [-0.39, 0.29) is 23.8 Å². The van der Waals surface area contributed by atoms with Gasteiger partial charge in [-0.15, -0.1) is 0 Å². The Kier molecular flexibility index (Phi) is 5.88. The van der Waals surface area contributed by atoms with Crippen molar-refractivity contribution < 1.29 is 23.4 Å². The second-order valence-electron chi connectivity index (χ2n) is 8.46. The normalized spacial score (nSPS) is 22.7. The van der Waals surface area contributed by atoms with Crippen LogP contribution in [0, 0.1) is 17.2 Å². The van der Waals surface area contributed by atoms with Crippen LogP contribution in [0.1, 0.15) is 35.8 Å². The molecule has 2 fully saturated rings. The van der Waals surface area contributed by atoms with Gasteiger partial charge in [0.15, 0.2) is 23.0 Å². The van der Waals surface area contributed by atoms with Crippen molar-refractivity contribution in [3.63, 3.8) is 0 Å². The lowest BCUT2D eigenvalue weighted by atomic mass is 9.83. The van der Waals surface area contributed by atoms with E-state index < -0.39 is 0 Å². The van der Waals surface area contributed by atoms with Crippen molar-refractivity contribution in [2.75, 3.05) is 26.9 Å². The zero-order valence-corrected chi connectivity index (χ0v) is 18.4. The molecule has 8 nitrogen and oxygen atoms in total. The lowest BCUT2D eigenvalue weighted by molar-refractivity contribution is -0.127. The highest BCUT2D eigenvalue weighted by Crippen LogP contribution is 2.36. The van der Waals surface area contributed by atoms with E-state index in [2.05, 4.69) is 16.4 Å². The Morgan fingerprint density at radius 2 is 2.18 bits per heavy atom. The highest BCUT2D eigenvalue weighted by atomic mass is 16.6. The van der Waals surface area contributed by atoms with Gasteiger partial charge in [-0.2, -0.15) is 5.26 Å². The maximum atomic E-state index is 12.6. The third-order valence-electron chi connectivity index (χ3n) is 6.31. The number of para-hydroxylation sites is 1. The van der Waals surface area contributed by atoms with Crippen molar-refractivity contribution >= 4 is 17.0 Å². The number of amides is 1. The molecule has 5 rings (SSSR count). The van der Waals surface area contributed by atoms with Crippen molar-refractivity contribution in [1.29, 1.82) is 5.26 Å². The molecule has 3 atom stereocenters. The van der Waals surface area contributed by atoms with Crippen LogP contribution in [0.2, 0.25) is 0 Å². The fraction of sp³-hybridized carbons (Fsp3) is 0.400. The predicted molar refractivity (Wildman–Crippen MR) is 119 cm³/mol. The third-order valence-corrected chi connectivity index (χ3v) is 6.31. The van der Waals surface area contributed by atoms with Crippen LogP contribution in [-0.4, -0.2) is 43.9 Å². The second-order valence-corrected chi connectivity index (χ2v) is 8.46. The summed E-state index contributed by atoms with van der Waals surface area (Å²) in [7, 11) is 1.63. The van der Waals surface area contributed by atoms with E-state index in [1.165, 1.54) is 0 Å². The molecule has 1 N–H and O–H groups in total. The van der Waals surface area contributed by atoms with Crippen molar-refractivity contribution in [1.82, 2.24) is 10.3 Å². The lowest BCUT2D eigenvalue weighted by Gasteiger charge is -2.29. The molecule has 0 aliphatic carbocycles. The van der Waals surface area contributed by atoms with Gasteiger partial charge in [-0.3, -0.25) is 4.79 Å². The van der Waals surface area contributed by atoms with E-state index in [1.54, 1.807) is 25.3 Å². The molecule has 33 heavy (non-hydrogen) atoms. The monoisotopic (exact) mass is 447 g/mol. The van der Waals surface area contributed by atoms with Gasteiger partial charge in [-0.1, -0.05) is 12.1 Å². The maximum absolute atomic E-state index is 12.6. The molecule has 8 heteroatoms. The quantitative estimate of drug-likeness (QED) is 0.618. The van der Waals surface area contributed by atoms with E-state index in [9.17, 15) is 10.1 Å². The van der Waals surface area contributed by atoms with Crippen LogP contribution >= 0.6 is 0 Å². The Hall–Kier alpha value is -3.57. The number of piperidine rings is 1. The number of fused-ring (bicyclic) bond motifs is 1. The van der Waals surface area contributed by atoms with E-state index in [0.29, 0.717) is 66.7 Å². The number of rotatable bonds is 6. The number of aromatic nitrogens is 1. The standard InChI is InChI=1S/C25H25N3O5/c1-30-20-6-5-15(10-22(20)32-19-7-8-31-14-19)18-9-17(25(29)27-13-18)11-23-28-24-16(12-26)3-2-4-21(24)33-23/h2-6,10,17-19H,7-9,11,13-14H2,1H3,(H,27,29)/t17-,18+,19?/m0/s1. The molecule has 0 radical (unpaired) electrons. The van der Waals surface area contributed by atoms with Gasteiger partial charge in [0.1, 0.15) is 17.7 Å². The summed E-state index contributed by atoms with van der Waals surface area (Å²) >= 11 is 0. The Labute approximate surface area is 191 Å². The van der Waals surface area contributed by atoms with Crippen LogP contribution in [0.15, 0.2) is 40.8 Å². The number of benzene rings is 2. The fourth-order valence-electron chi connectivity index (χ4n) is 4.54. The molecule has 170 valence electrons. The Bertz CT molecular complexity index is 1210. The highest BCUT2D eigenvalue weighted by Gasteiger charge is 2.32. The molecule has 0 bridgehead atoms. The summed E-state index contributed by atoms with van der Waals surface area (Å²) < 4.78 is 22.9. The van der Waals surface area contributed by atoms with E-state index in [4.69, 9.17) is 18.6 Å². The minimum absolute atomic E-state index is 0.0119. The largest absolute Gasteiger partial charge is 0.493 e. The van der Waals surface area contributed by atoms with Gasteiger partial charge in [-0.05, 0) is 36.2 Å². The van der Waals surface area contributed by atoms with Gasteiger partial charge in [0, 0.05) is 31.2 Å². The lowest BCUT2D eigenvalue weighted by Crippen LogP contribution is -2.41. The number of nitrogens with one attached hydrogen (secondary N) is 1. The molecule has 3 aromatic rings. The molecule has 2 aliphatic heterocycles. The average molecular weight is 447 g/mol. The van der Waals surface area contributed by atoms with Crippen LogP contribution in [0.4, 0.5) is 0 Å². The summed E-state index contributed by atoms with van der Waals surface area (Å²) in [5.41, 5.74) is 2.64. The molecule has 2 aromatic carbocycles. The van der Waals surface area contributed by atoms with E-state index in [0.717, 1.165) is 12.0 Å². The topological polar surface area (TPSA) is 107 Å². The first kappa shape index (κ1) is 21.3. The fourth-order valence-corrected chi connectivity index (χ4v) is 4.54. The maximum Gasteiger partial charge on any atom is 0.223 e. The number of hydrogen-bond donors (Lipinski definition) is 1. The average Bonchev–Trinajstić information content (AvgIpc) is 3.49. The molecular formula is C25H25N3O5. The minimum atomic E-state index is -0.281. The Morgan fingerprint density at radius 1 is 1.27 bits per heavy atom. The van der Waals surface area contributed by atoms with Gasteiger partial charge in [0.05, 0.1) is 25.9 Å². The van der Waals surface area contributed by atoms with Crippen LogP contribution in [0.5, 0.6) is 11.5 Å². The summed E-state index contributed by atoms with van der Waals surface area (Å²) in [5, 5.41) is 12.3. The minimum Gasteiger partial charge on any atom is -0.493 e. The number of methoxy groups -OCH3 is 1. The number of oxazole rings is 1. The van der Waals surface area contributed by atoms with Crippen molar-refractivity contribution in [3.05, 3.63) is 53.4 Å². The van der Waals surface area contributed by atoms with Gasteiger partial charge in [-0.25, -0.2) is 4.98 Å². The van der Waals surface area contributed by atoms with Crippen molar-refractivity contribution in [2.45, 2.75) is 31.3 Å². The highest BCUT2D eigenvalue weighted by molar-refractivity contribution is 5.81. The number of nitriles is 1. The molecule has 2 saturated heterocycles. The number of nitrogens with zero attached hydrogens (tertiary/aromatic N) is 2. The Morgan fingerprint density at radius 3 is 2.97 bits per heavy atom. The summed E-state index contributed by atoms with van der Waals surface area (Å²) in [4.78, 5) is 17.1. The molecular weight excluding hydrogens is 422 g/mol. The molecule has 0 spiro atoms. The molecule has 0 saturated carbocycles. The van der Waals surface area contributed by atoms with Crippen LogP contribution in [0.25, 0.3) is 11.1 Å². The van der Waals surface area contributed by atoms with Crippen LogP contribution in [-0.2, 0) is 16.0 Å². The molecule has 3 heterocycles. The first-order valence-electron chi connectivity index (χ1n) is 11.1. The van der Waals surface area contributed by atoms with E-state index >= 15 is 0 Å². The number of carbonyl (C=O) groups is 1. The smallest absolute Gasteiger partial charge is 0.223 e. The van der Waals surface area contributed by atoms with E-state index in [1.807, 2.05) is 18.2 Å². The number of ether oxygens (including phenoxy) is 3. The summed E-state index contributed by atoms with van der Waals surface area (Å²) in [6.45, 7) is 1.83. The molecule has 1 unspecified atom stereocenters. The summed E-state index contributed by atoms with van der Waals surface area (Å²) in [5.74, 6) is 1.68. The molecule has 1 aromatic heterocycles. The van der Waals surface area contributed by atoms with Gasteiger partial charge >= 0.3 is 0 Å². The molecule has 1 amide bonds. The third kappa shape index (κ3) is 4.37. The first-order chi connectivity index (χ1) is 16.1. The van der Waals surface area contributed by atoms with Gasteiger partial charge < -0.3 is 23.9 Å². The Balaban J connectivity index is 1.34. The zero-order chi connectivity index (χ0) is 22.8. The number of hydrogen-bond acceptors (Lipinski definition) is 7. The summed E-state index contributed by atoms with van der Waals surface area (Å²) in [6.07, 6.45) is 1.91. The van der Waals surface area contributed by atoms with Crippen LogP contribution in [0.3, 0.4) is 0 Å². The predicted octanol–water partition coefficient (Wildman–Crippen LogP) is 3.34. The number of carbonyl (C=O) groups excluding carboxylic acids is 1. The van der Waals surface area contributed by atoms with Crippen molar-refractivity contribution in [2.24, 2.45) is 5.92 Å². The first-order valence-corrected chi connectivity index (χ1v) is 11.1. The zero-order valence-electron chi connectivity index (χ0n) is 18.4.